The average Bonchev–Trinajstić information content (AvgIpc) is 1.67. The van der Waals surface area contributed by atoms with Gasteiger partial charge in [0.15, 0.2) is 0 Å². The fraction of sp³-hybridized carbons (Fsp3) is 0.833. The largest absolute Gasteiger partial charge is 0.380 e. The molecule has 0 saturated heterocycles. The minimum Gasteiger partial charge on any atom is -0.380 e. The van der Waals surface area contributed by atoms with Crippen LogP contribution in [-0.4, -0.2) is 11.5 Å². The summed E-state index contributed by atoms with van der Waals surface area (Å²) in [4.78, 5) is 0. The Kier molecular flexibility index (Phi) is 3.79. The van der Waals surface area contributed by atoms with Crippen LogP contribution < -0.4 is 5.32 Å². The summed E-state index contributed by atoms with van der Waals surface area (Å²) >= 11 is 4.61. The second kappa shape index (κ2) is 3.84. The highest BCUT2D eigenvalue weighted by Crippen LogP contribution is 1.97. The SMILES string of the molecule is CC(C)C(C)NC=S. The Morgan fingerprint density at radius 3 is 2.00 bits per heavy atom. The summed E-state index contributed by atoms with van der Waals surface area (Å²) in [6.07, 6.45) is 0. The Morgan fingerprint density at radius 2 is 1.88 bits per heavy atom. The average molecular weight is 131 g/mol. The van der Waals surface area contributed by atoms with Crippen molar-refractivity contribution in [3.8, 4) is 0 Å². The van der Waals surface area contributed by atoms with Crippen LogP contribution in [0.25, 0.3) is 0 Å². The third kappa shape index (κ3) is 2.97. The zero-order valence-electron chi connectivity index (χ0n) is 5.64. The Hall–Kier alpha value is -0.110. The van der Waals surface area contributed by atoms with Gasteiger partial charge in [-0.1, -0.05) is 26.1 Å². The van der Waals surface area contributed by atoms with Crippen LogP contribution in [0.3, 0.4) is 0 Å². The zero-order chi connectivity index (χ0) is 6.57. The van der Waals surface area contributed by atoms with Crippen LogP contribution in [0.1, 0.15) is 20.8 Å². The van der Waals surface area contributed by atoms with Crippen molar-refractivity contribution in [1.29, 1.82) is 0 Å². The van der Waals surface area contributed by atoms with Crippen molar-refractivity contribution in [2.75, 3.05) is 0 Å². The molecule has 2 heteroatoms. The predicted molar refractivity (Wildman–Crippen MR) is 41.1 cm³/mol. The van der Waals surface area contributed by atoms with Crippen LogP contribution in [0.15, 0.2) is 0 Å². The molecule has 0 radical (unpaired) electrons. The van der Waals surface area contributed by atoms with E-state index in [2.05, 4.69) is 38.3 Å². The molecule has 0 bridgehead atoms. The van der Waals surface area contributed by atoms with Crippen LogP contribution in [0.5, 0.6) is 0 Å². The highest BCUT2D eigenvalue weighted by molar-refractivity contribution is 7.78. The molecule has 0 heterocycles. The molecule has 1 unspecified atom stereocenters. The van der Waals surface area contributed by atoms with Gasteiger partial charge in [0.05, 0.1) is 5.49 Å². The first-order valence-electron chi connectivity index (χ1n) is 2.88. The van der Waals surface area contributed by atoms with Crippen molar-refractivity contribution in [3.05, 3.63) is 0 Å². The van der Waals surface area contributed by atoms with Gasteiger partial charge in [0, 0.05) is 6.04 Å². The van der Waals surface area contributed by atoms with Gasteiger partial charge in [0.2, 0.25) is 0 Å². The van der Waals surface area contributed by atoms with Gasteiger partial charge in [-0.05, 0) is 12.8 Å². The van der Waals surface area contributed by atoms with Crippen molar-refractivity contribution in [2.24, 2.45) is 5.92 Å². The molecule has 48 valence electrons. The third-order valence-electron chi connectivity index (χ3n) is 1.33. The summed E-state index contributed by atoms with van der Waals surface area (Å²) < 4.78 is 0. The standard InChI is InChI=1S/C6H13NS/c1-5(2)6(3)7-4-8/h4-6H,1-3H3,(H,7,8). The molecular weight excluding hydrogens is 118 g/mol. The highest BCUT2D eigenvalue weighted by atomic mass is 32.1. The van der Waals surface area contributed by atoms with Crippen LogP contribution in [0, 0.1) is 5.92 Å². The number of nitrogens with one attached hydrogen (secondary N) is 1. The van der Waals surface area contributed by atoms with Crippen molar-refractivity contribution in [3.63, 3.8) is 0 Å². The normalized spacial score (nSPS) is 13.5. The van der Waals surface area contributed by atoms with E-state index >= 15 is 0 Å². The van der Waals surface area contributed by atoms with Gasteiger partial charge in [-0.15, -0.1) is 0 Å². The van der Waals surface area contributed by atoms with E-state index in [4.69, 9.17) is 0 Å². The highest BCUT2D eigenvalue weighted by Gasteiger charge is 2.01. The topological polar surface area (TPSA) is 12.0 Å². The summed E-state index contributed by atoms with van der Waals surface area (Å²) in [5.74, 6) is 0.661. The first-order valence-corrected chi connectivity index (χ1v) is 3.35. The number of thiocarbonyl (C=S) groups is 1. The zero-order valence-corrected chi connectivity index (χ0v) is 6.46. The molecule has 1 atom stereocenters. The van der Waals surface area contributed by atoms with Crippen molar-refractivity contribution >= 4 is 17.7 Å². The van der Waals surface area contributed by atoms with E-state index in [1.807, 2.05) is 0 Å². The summed E-state index contributed by atoms with van der Waals surface area (Å²) in [6, 6.07) is 0.507. The number of hydrogen-bond donors (Lipinski definition) is 1. The molecule has 0 aromatic carbocycles. The van der Waals surface area contributed by atoms with E-state index in [0.717, 1.165) is 0 Å². The lowest BCUT2D eigenvalue weighted by Crippen LogP contribution is -2.28. The maximum absolute atomic E-state index is 4.61. The van der Waals surface area contributed by atoms with Crippen molar-refractivity contribution in [1.82, 2.24) is 5.32 Å². The summed E-state index contributed by atoms with van der Waals surface area (Å²) in [5.41, 5.74) is 1.57. The van der Waals surface area contributed by atoms with Gasteiger partial charge in [-0.3, -0.25) is 0 Å². The Morgan fingerprint density at radius 1 is 1.38 bits per heavy atom. The molecule has 0 aliphatic heterocycles. The molecule has 0 amide bonds. The second-order valence-corrected chi connectivity index (χ2v) is 2.55. The van der Waals surface area contributed by atoms with Crippen LogP contribution >= 0.6 is 12.2 Å². The first kappa shape index (κ1) is 7.89. The molecule has 0 rings (SSSR count). The van der Waals surface area contributed by atoms with Gasteiger partial charge in [0.25, 0.3) is 0 Å². The monoisotopic (exact) mass is 131 g/mol. The summed E-state index contributed by atoms with van der Waals surface area (Å²) in [7, 11) is 0. The quantitative estimate of drug-likeness (QED) is 0.584. The molecule has 0 aromatic heterocycles. The maximum atomic E-state index is 4.61. The molecule has 0 fully saturated rings. The predicted octanol–water partition coefficient (Wildman–Crippen LogP) is 1.58. The second-order valence-electron chi connectivity index (χ2n) is 2.32. The molecule has 0 spiro atoms. The first-order chi connectivity index (χ1) is 3.68. The smallest absolute Gasteiger partial charge is 0.0617 e. The maximum Gasteiger partial charge on any atom is 0.0617 e. The van der Waals surface area contributed by atoms with Crippen LogP contribution in [0.4, 0.5) is 0 Å². The third-order valence-corrected chi connectivity index (χ3v) is 1.47. The van der Waals surface area contributed by atoms with E-state index in [0.29, 0.717) is 12.0 Å². The molecule has 8 heavy (non-hydrogen) atoms. The molecular formula is C6H13NS. The molecule has 1 N–H and O–H groups in total. The van der Waals surface area contributed by atoms with E-state index in [1.165, 1.54) is 0 Å². The van der Waals surface area contributed by atoms with E-state index in [-0.39, 0.29) is 0 Å². The van der Waals surface area contributed by atoms with Crippen molar-refractivity contribution in [2.45, 2.75) is 26.8 Å². The minimum absolute atomic E-state index is 0.507. The van der Waals surface area contributed by atoms with Crippen LogP contribution in [0.2, 0.25) is 0 Å². The molecule has 1 nitrogen and oxygen atoms in total. The summed E-state index contributed by atoms with van der Waals surface area (Å²) in [5, 5.41) is 3.03. The van der Waals surface area contributed by atoms with Gasteiger partial charge >= 0.3 is 0 Å². The fourth-order valence-corrected chi connectivity index (χ4v) is 0.514. The van der Waals surface area contributed by atoms with Gasteiger partial charge in [-0.25, -0.2) is 0 Å². The summed E-state index contributed by atoms with van der Waals surface area (Å²) in [6.45, 7) is 6.44. The van der Waals surface area contributed by atoms with E-state index < -0.39 is 0 Å². The number of rotatable bonds is 3. The molecule has 0 aromatic rings. The fourth-order valence-electron chi connectivity index (χ4n) is 0.300. The van der Waals surface area contributed by atoms with Gasteiger partial charge in [-0.2, -0.15) is 0 Å². The Bertz CT molecular complexity index is 70.9. The Labute approximate surface area is 56.5 Å². The lowest BCUT2D eigenvalue weighted by molar-refractivity contribution is 0.493. The van der Waals surface area contributed by atoms with Crippen LogP contribution in [-0.2, 0) is 0 Å². The molecule has 0 saturated carbocycles. The lowest BCUT2D eigenvalue weighted by Gasteiger charge is -2.13. The van der Waals surface area contributed by atoms with Crippen molar-refractivity contribution < 1.29 is 0 Å². The van der Waals surface area contributed by atoms with Gasteiger partial charge < -0.3 is 5.32 Å². The number of hydrogen-bond acceptors (Lipinski definition) is 1. The Balaban J connectivity index is 3.30. The minimum atomic E-state index is 0.507. The van der Waals surface area contributed by atoms with E-state index in [1.54, 1.807) is 5.49 Å². The molecule has 0 aliphatic rings. The van der Waals surface area contributed by atoms with E-state index in [9.17, 15) is 0 Å². The lowest BCUT2D eigenvalue weighted by atomic mass is 10.1. The molecule has 0 aliphatic carbocycles. The van der Waals surface area contributed by atoms with Gasteiger partial charge in [0.1, 0.15) is 0 Å².